The van der Waals surface area contributed by atoms with Crippen LogP contribution in [0.1, 0.15) is 32.1 Å². The predicted molar refractivity (Wildman–Crippen MR) is 109 cm³/mol. The summed E-state index contributed by atoms with van der Waals surface area (Å²) < 4.78 is 1.77. The average Bonchev–Trinajstić information content (AvgIpc) is 2.98. The Bertz CT molecular complexity index is 841. The van der Waals surface area contributed by atoms with Gasteiger partial charge in [-0.15, -0.1) is 12.4 Å². The number of carbonyl (C=O) groups is 2. The van der Waals surface area contributed by atoms with Gasteiger partial charge in [0.15, 0.2) is 5.82 Å². The van der Waals surface area contributed by atoms with Crippen LogP contribution in [0.2, 0.25) is 0 Å². The normalized spacial score (nSPS) is 18.9. The number of hydrogen-bond donors (Lipinski definition) is 1. The summed E-state index contributed by atoms with van der Waals surface area (Å²) in [5.74, 6) is 0.163. The smallest absolute Gasteiger partial charge is 0.235 e. The number of aryl methyl sites for hydroxylation is 1. The lowest BCUT2D eigenvalue weighted by molar-refractivity contribution is -0.129. The van der Waals surface area contributed by atoms with Crippen molar-refractivity contribution in [1.82, 2.24) is 15.1 Å². The van der Waals surface area contributed by atoms with Crippen molar-refractivity contribution in [2.45, 2.75) is 38.1 Å². The third-order valence-corrected chi connectivity index (χ3v) is 5.58. The second-order valence-electron chi connectivity index (χ2n) is 7.18. The van der Waals surface area contributed by atoms with Gasteiger partial charge in [-0.2, -0.15) is 5.10 Å². The highest BCUT2D eigenvalue weighted by Gasteiger charge is 2.31. The number of rotatable bonds is 3. The van der Waals surface area contributed by atoms with E-state index in [2.05, 4.69) is 27.4 Å². The molecule has 0 radical (unpaired) electrons. The van der Waals surface area contributed by atoms with Crippen LogP contribution in [0.3, 0.4) is 0 Å². The lowest BCUT2D eigenvalue weighted by Gasteiger charge is -2.33. The van der Waals surface area contributed by atoms with Crippen molar-refractivity contribution in [3.63, 3.8) is 0 Å². The maximum Gasteiger partial charge on any atom is 0.235 e. The van der Waals surface area contributed by atoms with E-state index < -0.39 is 0 Å². The van der Waals surface area contributed by atoms with Gasteiger partial charge in [0.1, 0.15) is 0 Å². The largest absolute Gasteiger partial charge is 0.371 e. The molecule has 2 saturated heterocycles. The molecule has 2 aromatic rings. The Morgan fingerprint density at radius 1 is 1.11 bits per heavy atom. The third-order valence-electron chi connectivity index (χ3n) is 5.58. The van der Waals surface area contributed by atoms with Gasteiger partial charge in [0.2, 0.25) is 11.8 Å². The number of aromatic nitrogens is 2. The minimum absolute atomic E-state index is 0. The summed E-state index contributed by atoms with van der Waals surface area (Å²) in [6.07, 6.45) is 3.69. The molecule has 2 aliphatic rings. The molecule has 0 unspecified atom stereocenters. The van der Waals surface area contributed by atoms with E-state index in [4.69, 9.17) is 0 Å². The summed E-state index contributed by atoms with van der Waals surface area (Å²) in [6.45, 7) is 2.04. The molecule has 8 heteroatoms. The Balaban J connectivity index is 0.00000210. The monoisotopic (exact) mass is 391 g/mol. The Hall–Kier alpha value is -2.12. The molecule has 4 rings (SSSR count). The number of benzene rings is 1. The summed E-state index contributed by atoms with van der Waals surface area (Å²) in [5, 5.41) is 8.70. The van der Waals surface area contributed by atoms with Crippen LogP contribution in [-0.4, -0.2) is 47.8 Å². The highest BCUT2D eigenvalue weighted by Crippen LogP contribution is 2.32. The summed E-state index contributed by atoms with van der Waals surface area (Å²) in [4.78, 5) is 28.2. The van der Waals surface area contributed by atoms with Crippen molar-refractivity contribution >= 4 is 46.6 Å². The van der Waals surface area contributed by atoms with E-state index in [1.807, 2.05) is 20.2 Å². The van der Waals surface area contributed by atoms with Crippen molar-refractivity contribution in [3.8, 4) is 0 Å². The summed E-state index contributed by atoms with van der Waals surface area (Å²) >= 11 is 0. The molecule has 3 heterocycles. The maximum absolute atomic E-state index is 12.3. The molecule has 7 nitrogen and oxygen atoms in total. The highest BCUT2D eigenvalue weighted by atomic mass is 35.5. The molecular weight excluding hydrogens is 366 g/mol. The summed E-state index contributed by atoms with van der Waals surface area (Å²) in [7, 11) is 3.88. The van der Waals surface area contributed by atoms with Crippen LogP contribution >= 0.6 is 12.4 Å². The number of fused-ring (bicyclic) bond motifs is 1. The minimum Gasteiger partial charge on any atom is -0.371 e. The van der Waals surface area contributed by atoms with Crippen molar-refractivity contribution in [2.75, 3.05) is 29.9 Å². The number of carbonyl (C=O) groups excluding carboxylic acids is 2. The fraction of sp³-hybridized carbons (Fsp3) is 0.526. The number of imide groups is 1. The molecule has 1 aromatic heterocycles. The number of halogens is 1. The van der Waals surface area contributed by atoms with E-state index in [1.54, 1.807) is 4.68 Å². The summed E-state index contributed by atoms with van der Waals surface area (Å²) in [5.41, 5.74) is 2.11. The lowest BCUT2D eigenvalue weighted by Crippen LogP contribution is -2.41. The summed E-state index contributed by atoms with van der Waals surface area (Å²) in [6, 6.07) is 6.78. The molecule has 0 bridgehead atoms. The van der Waals surface area contributed by atoms with Gasteiger partial charge in [-0.25, -0.2) is 4.90 Å². The van der Waals surface area contributed by atoms with Crippen molar-refractivity contribution in [1.29, 1.82) is 0 Å². The SMILES string of the molecule is CNC1CCN(c2ccc3c(N4C(=O)CCCC4=O)nn(C)c3c2)CC1.Cl. The zero-order valence-corrected chi connectivity index (χ0v) is 16.6. The molecule has 1 aromatic carbocycles. The molecule has 2 amide bonds. The van der Waals surface area contributed by atoms with Gasteiger partial charge < -0.3 is 10.2 Å². The van der Waals surface area contributed by atoms with Crippen molar-refractivity contribution < 1.29 is 9.59 Å². The number of nitrogens with one attached hydrogen (secondary N) is 1. The Kier molecular flexibility index (Phi) is 5.72. The first-order valence-corrected chi connectivity index (χ1v) is 9.33. The van der Waals surface area contributed by atoms with E-state index >= 15 is 0 Å². The van der Waals surface area contributed by atoms with Crippen molar-refractivity contribution in [3.05, 3.63) is 18.2 Å². The van der Waals surface area contributed by atoms with Gasteiger partial charge in [-0.05, 0) is 44.5 Å². The number of anilines is 2. The molecule has 0 atom stereocenters. The average molecular weight is 392 g/mol. The fourth-order valence-electron chi connectivity index (χ4n) is 4.00. The third kappa shape index (κ3) is 3.53. The van der Waals surface area contributed by atoms with E-state index in [0.29, 0.717) is 31.1 Å². The molecule has 2 aliphatic heterocycles. The Labute approximate surface area is 165 Å². The zero-order chi connectivity index (χ0) is 18.3. The highest BCUT2D eigenvalue weighted by molar-refractivity contribution is 6.19. The first-order valence-electron chi connectivity index (χ1n) is 9.33. The van der Waals surface area contributed by atoms with Crippen LogP contribution in [-0.2, 0) is 16.6 Å². The lowest BCUT2D eigenvalue weighted by atomic mass is 10.0. The zero-order valence-electron chi connectivity index (χ0n) is 15.8. The molecule has 0 spiro atoms. The maximum atomic E-state index is 12.3. The second-order valence-corrected chi connectivity index (χ2v) is 7.18. The minimum atomic E-state index is -0.153. The predicted octanol–water partition coefficient (Wildman–Crippen LogP) is 2.23. The molecule has 0 saturated carbocycles. The van der Waals surface area contributed by atoms with Crippen LogP contribution in [0.5, 0.6) is 0 Å². The number of hydrogen-bond acceptors (Lipinski definition) is 5. The molecule has 146 valence electrons. The van der Waals surface area contributed by atoms with E-state index in [-0.39, 0.29) is 24.2 Å². The van der Waals surface area contributed by atoms with Crippen LogP contribution in [0, 0.1) is 0 Å². The second kappa shape index (κ2) is 7.86. The number of nitrogens with zero attached hydrogens (tertiary/aromatic N) is 4. The van der Waals surface area contributed by atoms with E-state index in [0.717, 1.165) is 42.5 Å². The van der Waals surface area contributed by atoms with Gasteiger partial charge in [0.25, 0.3) is 0 Å². The first kappa shape index (κ1) is 19.6. The number of amides is 2. The van der Waals surface area contributed by atoms with Gasteiger partial charge in [0, 0.05) is 50.1 Å². The van der Waals surface area contributed by atoms with Gasteiger partial charge in [-0.3, -0.25) is 14.3 Å². The molecule has 0 aliphatic carbocycles. The van der Waals surface area contributed by atoms with Crippen LogP contribution in [0.25, 0.3) is 10.9 Å². The van der Waals surface area contributed by atoms with Crippen LogP contribution in [0.15, 0.2) is 18.2 Å². The van der Waals surface area contributed by atoms with Crippen molar-refractivity contribution in [2.24, 2.45) is 7.05 Å². The standard InChI is InChI=1S/C19H25N5O2.ClH/c1-20-13-8-10-23(11-9-13)14-6-7-15-16(12-14)22(2)21-19(15)24-17(25)4-3-5-18(24)26;/h6-7,12-13,20H,3-5,8-11H2,1-2H3;1H. The van der Waals surface area contributed by atoms with Gasteiger partial charge >= 0.3 is 0 Å². The topological polar surface area (TPSA) is 70.5 Å². The molecule has 1 N–H and O–H groups in total. The Morgan fingerprint density at radius 2 is 1.78 bits per heavy atom. The van der Waals surface area contributed by atoms with E-state index in [1.165, 1.54) is 4.90 Å². The Morgan fingerprint density at radius 3 is 2.41 bits per heavy atom. The van der Waals surface area contributed by atoms with Gasteiger partial charge in [0.05, 0.1) is 5.52 Å². The van der Waals surface area contributed by atoms with Crippen LogP contribution in [0.4, 0.5) is 11.5 Å². The first-order chi connectivity index (χ1) is 12.6. The fourth-order valence-corrected chi connectivity index (χ4v) is 4.00. The number of piperidine rings is 2. The van der Waals surface area contributed by atoms with Crippen LogP contribution < -0.4 is 15.1 Å². The molecule has 2 fully saturated rings. The van der Waals surface area contributed by atoms with E-state index in [9.17, 15) is 9.59 Å². The molecular formula is C19H26ClN5O2. The molecule has 27 heavy (non-hydrogen) atoms. The van der Waals surface area contributed by atoms with Gasteiger partial charge in [-0.1, -0.05) is 0 Å². The quantitative estimate of drug-likeness (QED) is 0.812.